The number of nitrogens with zero attached hydrogens (tertiary/aromatic N) is 8. The van der Waals surface area contributed by atoms with Crippen LogP contribution < -0.4 is 0 Å². The molecule has 0 aliphatic carbocycles. The average molecular weight is 406 g/mol. The van der Waals surface area contributed by atoms with Crippen molar-refractivity contribution in [1.82, 2.24) is 0 Å². The van der Waals surface area contributed by atoms with Crippen molar-refractivity contribution >= 4 is 0 Å². The highest BCUT2D eigenvalue weighted by Crippen LogP contribution is 2.39. The second-order valence-electron chi connectivity index (χ2n) is 5.74. The van der Waals surface area contributed by atoms with Crippen molar-refractivity contribution in [1.29, 1.82) is 22.1 Å². The van der Waals surface area contributed by atoms with Gasteiger partial charge in [0.05, 0.1) is 14.8 Å². The summed E-state index contributed by atoms with van der Waals surface area (Å²) in [7, 11) is 0. The minimum absolute atomic E-state index is 0.661. The molecule has 4 N–H and O–H groups in total. The summed E-state index contributed by atoms with van der Waals surface area (Å²) in [5.74, 6) is 0. The summed E-state index contributed by atoms with van der Waals surface area (Å²) in [6.45, 7) is 0.661. The third-order valence-electron chi connectivity index (χ3n) is 3.82. The smallest absolute Gasteiger partial charge is 0.262 e. The molecule has 0 aromatic heterocycles. The first-order chi connectivity index (χ1) is 12.8. The van der Waals surface area contributed by atoms with Gasteiger partial charge in [0.1, 0.15) is 19.3 Å². The van der Waals surface area contributed by atoms with Crippen LogP contribution in [0.1, 0.15) is 26.2 Å². The molecule has 0 spiro atoms. The second kappa shape index (κ2) is 8.59. The molecule has 0 fully saturated rings. The average Bonchev–Trinajstić information content (AvgIpc) is 2.63. The van der Waals surface area contributed by atoms with Crippen LogP contribution in [-0.4, -0.2) is 42.8 Å². The first-order valence-electron chi connectivity index (χ1n) is 6.89. The zero-order chi connectivity index (χ0) is 22.3. The van der Waals surface area contributed by atoms with Gasteiger partial charge in [-0.2, -0.15) is 0 Å². The van der Waals surface area contributed by atoms with Gasteiger partial charge in [-0.15, -0.1) is 20.5 Å². The minimum atomic E-state index is -3.17. The van der Waals surface area contributed by atoms with E-state index in [1.54, 1.807) is 0 Å². The Hall–Kier alpha value is -4.00. The Morgan fingerprint density at radius 3 is 1.50 bits per heavy atom. The first-order valence-corrected chi connectivity index (χ1v) is 6.89. The molecular weight excluding hydrogens is 392 g/mol. The van der Waals surface area contributed by atoms with Crippen LogP contribution in [0.5, 0.6) is 0 Å². The summed E-state index contributed by atoms with van der Waals surface area (Å²) in [6.07, 6.45) is -6.71. The molecule has 4 unspecified atom stereocenters. The van der Waals surface area contributed by atoms with E-state index in [1.165, 1.54) is 0 Å². The summed E-state index contributed by atoms with van der Waals surface area (Å²) in [6, 6.07) is 0. The molecule has 0 rings (SSSR count). The minimum Gasteiger partial charge on any atom is -0.262 e. The van der Waals surface area contributed by atoms with Crippen molar-refractivity contribution < 1.29 is 19.7 Å². The summed E-state index contributed by atoms with van der Waals surface area (Å²) < 4.78 is 0. The molecule has 28 heavy (non-hydrogen) atoms. The van der Waals surface area contributed by atoms with Gasteiger partial charge in [0.15, 0.2) is 0 Å². The predicted molar refractivity (Wildman–Crippen MR) is 80.1 cm³/mol. The van der Waals surface area contributed by atoms with Crippen LogP contribution in [0.25, 0.3) is 0 Å². The van der Waals surface area contributed by atoms with Gasteiger partial charge in [-0.05, 0) is 0 Å². The van der Waals surface area contributed by atoms with E-state index < -0.39 is 62.1 Å². The standard InChI is InChI=1S/C8H14N12O8/c1-6(14-10,18(23)24)3-8(16-12,20(27)28)4-7(15-11,19(25)26)2-5(13-9)17(21)22/h5,9-12H,2-4H2,1H3. The zero-order valence-corrected chi connectivity index (χ0v) is 14.0. The molecule has 0 aromatic rings. The van der Waals surface area contributed by atoms with E-state index in [0.717, 1.165) is 0 Å². The summed E-state index contributed by atoms with van der Waals surface area (Å²) in [5, 5.41) is 55.3. The van der Waals surface area contributed by atoms with Crippen LogP contribution in [-0.2, 0) is 0 Å². The van der Waals surface area contributed by atoms with E-state index >= 15 is 0 Å². The van der Waals surface area contributed by atoms with Gasteiger partial charge in [-0.3, -0.25) is 40.5 Å². The highest BCUT2D eigenvalue weighted by molar-refractivity contribution is 4.92. The molecule has 0 radical (unpaired) electrons. The molecule has 0 amide bonds. The van der Waals surface area contributed by atoms with Crippen LogP contribution in [0.2, 0.25) is 0 Å². The maximum absolute atomic E-state index is 11.5. The summed E-state index contributed by atoms with van der Waals surface area (Å²) in [4.78, 5) is 39.7. The van der Waals surface area contributed by atoms with Gasteiger partial charge in [0.2, 0.25) is 0 Å². The van der Waals surface area contributed by atoms with Gasteiger partial charge >= 0.3 is 23.2 Å². The topological polar surface area (TPSA) is 317 Å². The number of nitrogens with one attached hydrogen (secondary N) is 4. The van der Waals surface area contributed by atoms with Crippen molar-refractivity contribution in [2.24, 2.45) is 20.5 Å². The lowest BCUT2D eigenvalue weighted by atomic mass is 9.86. The quantitative estimate of drug-likeness (QED) is 0.186. The number of nitro groups is 4. The molecule has 0 aliphatic rings. The molecule has 154 valence electrons. The molecule has 0 heterocycles. The molecular formula is C8H14N12O8. The number of rotatable bonds is 14. The molecule has 0 saturated carbocycles. The highest BCUT2D eigenvalue weighted by atomic mass is 16.7. The lowest BCUT2D eigenvalue weighted by molar-refractivity contribution is -0.639. The lowest BCUT2D eigenvalue weighted by Gasteiger charge is -2.27. The fourth-order valence-electron chi connectivity index (χ4n) is 2.24. The van der Waals surface area contributed by atoms with Crippen molar-refractivity contribution in [3.8, 4) is 0 Å². The van der Waals surface area contributed by atoms with Gasteiger partial charge in [-0.25, -0.2) is 22.1 Å². The van der Waals surface area contributed by atoms with Gasteiger partial charge in [0.25, 0.3) is 0 Å². The first kappa shape index (κ1) is 24.0. The third kappa shape index (κ3) is 4.59. The maximum atomic E-state index is 11.5. The Morgan fingerprint density at radius 1 is 0.786 bits per heavy atom. The van der Waals surface area contributed by atoms with Crippen LogP contribution in [0, 0.1) is 62.6 Å². The highest BCUT2D eigenvalue weighted by Gasteiger charge is 2.64. The largest absolute Gasteiger partial charge is 0.347 e. The van der Waals surface area contributed by atoms with E-state index in [-0.39, 0.29) is 0 Å². The van der Waals surface area contributed by atoms with Crippen LogP contribution in [0.15, 0.2) is 20.5 Å². The summed E-state index contributed by atoms with van der Waals surface area (Å²) >= 11 is 0. The molecule has 0 bridgehead atoms. The Morgan fingerprint density at radius 2 is 1.25 bits per heavy atom. The van der Waals surface area contributed by atoms with Crippen LogP contribution in [0.4, 0.5) is 0 Å². The molecule has 20 heteroatoms. The Bertz CT molecular complexity index is 728. The van der Waals surface area contributed by atoms with E-state index in [0.29, 0.717) is 6.92 Å². The zero-order valence-electron chi connectivity index (χ0n) is 14.0. The lowest BCUT2D eigenvalue weighted by Crippen LogP contribution is -2.54. The van der Waals surface area contributed by atoms with Crippen molar-refractivity contribution in [3.63, 3.8) is 0 Å². The molecule has 0 aromatic carbocycles. The fraction of sp³-hybridized carbons (Fsp3) is 1.00. The molecule has 4 atom stereocenters. The number of hydrogen-bond acceptors (Lipinski definition) is 16. The third-order valence-corrected chi connectivity index (χ3v) is 3.82. The van der Waals surface area contributed by atoms with E-state index in [4.69, 9.17) is 22.1 Å². The predicted octanol–water partition coefficient (Wildman–Crippen LogP) is 1.82. The van der Waals surface area contributed by atoms with Crippen molar-refractivity contribution in [2.75, 3.05) is 0 Å². The van der Waals surface area contributed by atoms with Gasteiger partial charge in [0, 0.05) is 11.8 Å². The van der Waals surface area contributed by atoms with E-state index in [2.05, 4.69) is 20.5 Å². The summed E-state index contributed by atoms with van der Waals surface area (Å²) in [5.41, 5.74) is 18.7. The Labute approximate surface area is 153 Å². The Balaban J connectivity index is 6.49. The van der Waals surface area contributed by atoms with Crippen molar-refractivity contribution in [2.45, 2.75) is 49.3 Å². The maximum Gasteiger partial charge on any atom is 0.347 e. The SMILES string of the molecule is CC(CC(CC(CC(N=N)[N+](=O)[O-])(N=N)[N+](=O)[O-])(N=N)[N+](=O)[O-])(N=N)[N+](=O)[O-]. The van der Waals surface area contributed by atoms with Crippen LogP contribution >= 0.6 is 0 Å². The van der Waals surface area contributed by atoms with Crippen LogP contribution in [0.3, 0.4) is 0 Å². The molecule has 0 saturated heterocycles. The molecule has 20 nitrogen and oxygen atoms in total. The monoisotopic (exact) mass is 406 g/mol. The van der Waals surface area contributed by atoms with E-state index in [9.17, 15) is 40.5 Å². The van der Waals surface area contributed by atoms with E-state index in [1.807, 2.05) is 0 Å². The normalized spacial score (nSPS) is 18.2. The van der Waals surface area contributed by atoms with Crippen molar-refractivity contribution in [3.05, 3.63) is 40.5 Å². The second-order valence-corrected chi connectivity index (χ2v) is 5.74. The number of hydrogen-bond donors (Lipinski definition) is 4. The van der Waals surface area contributed by atoms with Gasteiger partial charge < -0.3 is 0 Å². The molecule has 0 aliphatic heterocycles. The Kier molecular flexibility index (Phi) is 7.36. The fourth-order valence-corrected chi connectivity index (χ4v) is 2.24. The van der Waals surface area contributed by atoms with Gasteiger partial charge in [-0.1, -0.05) is 0 Å².